The van der Waals surface area contributed by atoms with Crippen LogP contribution in [0.5, 0.6) is 0 Å². The fourth-order valence-electron chi connectivity index (χ4n) is 2.64. The highest BCUT2D eigenvalue weighted by Gasteiger charge is 2.21. The molecule has 120 valence electrons. The van der Waals surface area contributed by atoms with Crippen molar-refractivity contribution in [2.45, 2.75) is 24.3 Å². The summed E-state index contributed by atoms with van der Waals surface area (Å²) in [7, 11) is 0. The van der Waals surface area contributed by atoms with Crippen LogP contribution in [0.2, 0.25) is 0 Å². The van der Waals surface area contributed by atoms with E-state index in [1.165, 1.54) is 11.3 Å². The minimum absolute atomic E-state index is 0.0491. The Hall–Kier alpha value is -1.79. The van der Waals surface area contributed by atoms with Crippen molar-refractivity contribution in [2.75, 3.05) is 17.7 Å². The molecule has 0 radical (unpaired) electrons. The molecule has 1 aliphatic rings. The van der Waals surface area contributed by atoms with E-state index in [1.807, 2.05) is 46.9 Å². The van der Waals surface area contributed by atoms with Crippen molar-refractivity contribution < 1.29 is 9.59 Å². The van der Waals surface area contributed by atoms with Crippen LogP contribution in [-0.2, 0) is 11.3 Å². The SMILES string of the molecule is CSc1ccsc1C(=O)NCc1cccc(N2CCCC2=O)c1. The van der Waals surface area contributed by atoms with Crippen LogP contribution in [0.3, 0.4) is 0 Å². The second-order valence-corrected chi connectivity index (χ2v) is 7.08. The van der Waals surface area contributed by atoms with Gasteiger partial charge < -0.3 is 10.2 Å². The maximum atomic E-state index is 12.3. The number of carbonyl (C=O) groups is 2. The lowest BCUT2D eigenvalue weighted by Gasteiger charge is -2.16. The molecule has 0 bridgehead atoms. The van der Waals surface area contributed by atoms with E-state index in [-0.39, 0.29) is 11.8 Å². The zero-order valence-corrected chi connectivity index (χ0v) is 14.5. The number of nitrogens with zero attached hydrogens (tertiary/aromatic N) is 1. The Balaban J connectivity index is 1.67. The first kappa shape index (κ1) is 16.1. The molecular weight excluding hydrogens is 328 g/mol. The maximum absolute atomic E-state index is 12.3. The maximum Gasteiger partial charge on any atom is 0.262 e. The van der Waals surface area contributed by atoms with Crippen molar-refractivity contribution in [3.63, 3.8) is 0 Å². The zero-order chi connectivity index (χ0) is 16.2. The molecule has 1 aliphatic heterocycles. The van der Waals surface area contributed by atoms with Gasteiger partial charge in [-0.25, -0.2) is 0 Å². The normalized spacial score (nSPS) is 14.3. The number of hydrogen-bond donors (Lipinski definition) is 1. The van der Waals surface area contributed by atoms with E-state index >= 15 is 0 Å². The van der Waals surface area contributed by atoms with Gasteiger partial charge in [-0.05, 0) is 41.8 Å². The fraction of sp³-hybridized carbons (Fsp3) is 0.294. The van der Waals surface area contributed by atoms with Crippen LogP contribution >= 0.6 is 23.1 Å². The standard InChI is InChI=1S/C17H18N2O2S2/c1-22-14-7-9-23-16(14)17(21)18-11-12-4-2-5-13(10-12)19-8-3-6-15(19)20/h2,4-5,7,9-10H,3,6,8,11H2,1H3,(H,18,21). The first-order chi connectivity index (χ1) is 11.2. The lowest BCUT2D eigenvalue weighted by atomic mass is 10.2. The van der Waals surface area contributed by atoms with Gasteiger partial charge in [-0.2, -0.15) is 0 Å². The van der Waals surface area contributed by atoms with Gasteiger partial charge >= 0.3 is 0 Å². The molecule has 6 heteroatoms. The number of anilines is 1. The van der Waals surface area contributed by atoms with Gasteiger partial charge in [0, 0.05) is 30.1 Å². The van der Waals surface area contributed by atoms with Crippen LogP contribution in [0.15, 0.2) is 40.6 Å². The Morgan fingerprint density at radius 2 is 2.26 bits per heavy atom. The van der Waals surface area contributed by atoms with Gasteiger partial charge in [0.25, 0.3) is 5.91 Å². The van der Waals surface area contributed by atoms with Crippen molar-refractivity contribution in [3.05, 3.63) is 46.2 Å². The number of nitrogens with one attached hydrogen (secondary N) is 1. The number of thioether (sulfide) groups is 1. The van der Waals surface area contributed by atoms with Crippen LogP contribution in [0.1, 0.15) is 28.1 Å². The average Bonchev–Trinajstić information content (AvgIpc) is 3.21. The molecule has 0 unspecified atom stereocenters. The summed E-state index contributed by atoms with van der Waals surface area (Å²) >= 11 is 3.03. The highest BCUT2D eigenvalue weighted by Crippen LogP contribution is 2.26. The molecule has 23 heavy (non-hydrogen) atoms. The smallest absolute Gasteiger partial charge is 0.262 e. The van der Waals surface area contributed by atoms with Gasteiger partial charge in [-0.3, -0.25) is 9.59 Å². The number of hydrogen-bond acceptors (Lipinski definition) is 4. The molecule has 4 nitrogen and oxygen atoms in total. The van der Waals surface area contributed by atoms with Crippen LogP contribution in [0.4, 0.5) is 5.69 Å². The molecule has 0 atom stereocenters. The molecule has 0 spiro atoms. The Labute approximate surface area is 143 Å². The molecule has 2 aromatic rings. The third-order valence-corrected chi connectivity index (χ3v) is 5.63. The summed E-state index contributed by atoms with van der Waals surface area (Å²) in [5.74, 6) is 0.126. The summed E-state index contributed by atoms with van der Waals surface area (Å²) in [4.78, 5) is 27.7. The quantitative estimate of drug-likeness (QED) is 0.843. The van der Waals surface area contributed by atoms with Crippen LogP contribution in [-0.4, -0.2) is 24.6 Å². The lowest BCUT2D eigenvalue weighted by molar-refractivity contribution is -0.117. The summed E-state index contributed by atoms with van der Waals surface area (Å²) in [6.07, 6.45) is 3.50. The first-order valence-corrected chi connectivity index (χ1v) is 9.58. The first-order valence-electron chi connectivity index (χ1n) is 7.48. The van der Waals surface area contributed by atoms with E-state index in [9.17, 15) is 9.59 Å². The Bertz CT molecular complexity index is 727. The van der Waals surface area contributed by atoms with E-state index in [0.717, 1.165) is 34.0 Å². The molecule has 2 heterocycles. The Morgan fingerprint density at radius 1 is 1.39 bits per heavy atom. The van der Waals surface area contributed by atoms with Gasteiger partial charge in [0.1, 0.15) is 4.88 Å². The highest BCUT2D eigenvalue weighted by molar-refractivity contribution is 7.98. The van der Waals surface area contributed by atoms with Gasteiger partial charge in [-0.1, -0.05) is 12.1 Å². The van der Waals surface area contributed by atoms with E-state index < -0.39 is 0 Å². The second kappa shape index (κ2) is 7.19. The molecule has 0 aliphatic carbocycles. The number of thiophene rings is 1. The molecule has 1 fully saturated rings. The minimum Gasteiger partial charge on any atom is -0.347 e. The van der Waals surface area contributed by atoms with Crippen LogP contribution in [0.25, 0.3) is 0 Å². The molecule has 0 saturated carbocycles. The van der Waals surface area contributed by atoms with Crippen molar-refractivity contribution in [3.8, 4) is 0 Å². The topological polar surface area (TPSA) is 49.4 Å². The fourth-order valence-corrected chi connectivity index (χ4v) is 4.31. The average molecular weight is 346 g/mol. The molecule has 2 amide bonds. The molecule has 3 rings (SSSR count). The second-order valence-electron chi connectivity index (χ2n) is 5.32. The molecule has 1 saturated heterocycles. The summed E-state index contributed by atoms with van der Waals surface area (Å²) in [6, 6.07) is 9.78. The predicted molar refractivity (Wildman–Crippen MR) is 95.3 cm³/mol. The zero-order valence-electron chi connectivity index (χ0n) is 12.9. The van der Waals surface area contributed by atoms with Crippen LogP contribution < -0.4 is 10.2 Å². The third-order valence-electron chi connectivity index (χ3n) is 3.80. The van der Waals surface area contributed by atoms with Gasteiger partial charge in [0.2, 0.25) is 5.91 Å². The molecular formula is C17H18N2O2S2. The van der Waals surface area contributed by atoms with Gasteiger partial charge in [-0.15, -0.1) is 23.1 Å². The van der Waals surface area contributed by atoms with E-state index in [0.29, 0.717) is 13.0 Å². The van der Waals surface area contributed by atoms with Gasteiger partial charge in [0.05, 0.1) is 0 Å². The predicted octanol–water partition coefficient (Wildman–Crippen LogP) is 3.53. The summed E-state index contributed by atoms with van der Waals surface area (Å²) in [5.41, 5.74) is 1.91. The third kappa shape index (κ3) is 3.59. The number of benzene rings is 1. The highest BCUT2D eigenvalue weighted by atomic mass is 32.2. The van der Waals surface area contributed by atoms with E-state index in [2.05, 4.69) is 5.32 Å². The number of carbonyl (C=O) groups excluding carboxylic acids is 2. The number of amides is 2. The Morgan fingerprint density at radius 3 is 3.00 bits per heavy atom. The van der Waals surface area contributed by atoms with Gasteiger partial charge in [0.15, 0.2) is 0 Å². The lowest BCUT2D eigenvalue weighted by Crippen LogP contribution is -2.25. The minimum atomic E-state index is -0.0491. The van der Waals surface area contributed by atoms with Crippen LogP contribution in [0, 0.1) is 0 Å². The van der Waals surface area contributed by atoms with E-state index in [1.54, 1.807) is 11.8 Å². The number of rotatable bonds is 5. The van der Waals surface area contributed by atoms with Crippen molar-refractivity contribution in [1.82, 2.24) is 5.32 Å². The van der Waals surface area contributed by atoms with E-state index in [4.69, 9.17) is 0 Å². The molecule has 1 aromatic heterocycles. The molecule has 1 aromatic carbocycles. The van der Waals surface area contributed by atoms with Crippen molar-refractivity contribution in [2.24, 2.45) is 0 Å². The van der Waals surface area contributed by atoms with Crippen molar-refractivity contribution in [1.29, 1.82) is 0 Å². The largest absolute Gasteiger partial charge is 0.347 e. The molecule has 1 N–H and O–H groups in total. The van der Waals surface area contributed by atoms with Crippen molar-refractivity contribution >= 4 is 40.6 Å². The Kier molecular flexibility index (Phi) is 5.03. The summed E-state index contributed by atoms with van der Waals surface area (Å²) < 4.78 is 0. The monoisotopic (exact) mass is 346 g/mol. The summed E-state index contributed by atoms with van der Waals surface area (Å²) in [5, 5.41) is 4.89. The summed E-state index contributed by atoms with van der Waals surface area (Å²) in [6.45, 7) is 1.24.